The number of nitriles is 1. The van der Waals surface area contributed by atoms with Crippen LogP contribution >= 0.6 is 11.3 Å². The Bertz CT molecular complexity index is 454. The molecule has 0 bridgehead atoms. The molecule has 84 valence electrons. The Hall–Kier alpha value is -1.47. The van der Waals surface area contributed by atoms with E-state index < -0.39 is 5.92 Å². The van der Waals surface area contributed by atoms with E-state index in [2.05, 4.69) is 4.98 Å². The number of hydrogen-bond acceptors (Lipinski definition) is 4. The number of thiazole rings is 1. The topological polar surface area (TPSA) is 53.8 Å². The first kappa shape index (κ1) is 12.6. The minimum atomic E-state index is -0.749. The van der Waals surface area contributed by atoms with Gasteiger partial charge >= 0.3 is 0 Å². The molecule has 3 nitrogen and oxygen atoms in total. The number of Topliss-reactive ketones (excluding diaryl/α,β-unsaturated/α-hetero) is 1. The third-order valence-corrected chi connectivity index (χ3v) is 3.20. The maximum absolute atomic E-state index is 11.9. The number of aromatic nitrogens is 1. The van der Waals surface area contributed by atoms with E-state index in [1.807, 2.05) is 31.4 Å². The Balaban J connectivity index is 2.97. The lowest BCUT2D eigenvalue weighted by molar-refractivity contribution is -0.115. The summed E-state index contributed by atoms with van der Waals surface area (Å²) in [5.74, 6) is -0.889. The molecule has 0 aliphatic heterocycles. The summed E-state index contributed by atoms with van der Waals surface area (Å²) in [6.07, 6.45) is 2.64. The zero-order valence-corrected chi connectivity index (χ0v) is 10.5. The van der Waals surface area contributed by atoms with Gasteiger partial charge in [0.1, 0.15) is 5.01 Å². The van der Waals surface area contributed by atoms with Crippen LogP contribution in [0.3, 0.4) is 0 Å². The minimum Gasteiger partial charge on any atom is -0.293 e. The summed E-state index contributed by atoms with van der Waals surface area (Å²) in [5.41, 5.74) is 1.49. The monoisotopic (exact) mass is 234 g/mol. The van der Waals surface area contributed by atoms with Crippen molar-refractivity contribution < 1.29 is 4.79 Å². The highest BCUT2D eigenvalue weighted by Crippen LogP contribution is 2.23. The van der Waals surface area contributed by atoms with Crippen LogP contribution in [0.25, 0.3) is 0 Å². The molecule has 1 unspecified atom stereocenters. The Kier molecular flexibility index (Phi) is 4.39. The molecular weight excluding hydrogens is 220 g/mol. The van der Waals surface area contributed by atoms with Crippen LogP contribution in [0.2, 0.25) is 0 Å². The van der Waals surface area contributed by atoms with Gasteiger partial charge in [0.15, 0.2) is 11.7 Å². The third kappa shape index (κ3) is 2.77. The van der Waals surface area contributed by atoms with Gasteiger partial charge in [0.2, 0.25) is 0 Å². The van der Waals surface area contributed by atoms with Crippen molar-refractivity contribution in [1.82, 2.24) is 4.98 Å². The number of rotatable bonds is 4. The van der Waals surface area contributed by atoms with Crippen molar-refractivity contribution in [2.45, 2.75) is 33.1 Å². The van der Waals surface area contributed by atoms with Crippen LogP contribution in [0.4, 0.5) is 0 Å². The lowest BCUT2D eigenvalue weighted by atomic mass is 10.00. The quantitative estimate of drug-likeness (QED) is 0.752. The van der Waals surface area contributed by atoms with Crippen LogP contribution < -0.4 is 0 Å². The molecule has 0 radical (unpaired) electrons. The number of aryl methyl sites for hydroxylation is 1. The fourth-order valence-electron chi connectivity index (χ4n) is 1.37. The van der Waals surface area contributed by atoms with Crippen molar-refractivity contribution in [3.63, 3.8) is 0 Å². The highest BCUT2D eigenvalue weighted by molar-refractivity contribution is 7.10. The molecule has 0 spiro atoms. The van der Waals surface area contributed by atoms with E-state index in [9.17, 15) is 4.79 Å². The van der Waals surface area contributed by atoms with Gasteiger partial charge in [0, 0.05) is 11.1 Å². The molecule has 0 aromatic carbocycles. The number of hydrogen-bond donors (Lipinski definition) is 0. The standard InChI is InChI=1S/C12H14N2OS/c1-4-5-8(2)11(15)10(6-13)12-14-9(3)7-16-12/h5,7,10H,4H2,1-3H3. The molecular formula is C12H14N2OS. The van der Waals surface area contributed by atoms with Crippen LogP contribution in [-0.2, 0) is 4.79 Å². The summed E-state index contributed by atoms with van der Waals surface area (Å²) >= 11 is 1.36. The smallest absolute Gasteiger partial charge is 0.182 e. The second-order valence-electron chi connectivity index (χ2n) is 3.55. The molecule has 0 saturated carbocycles. The van der Waals surface area contributed by atoms with Gasteiger partial charge in [-0.25, -0.2) is 4.98 Å². The second kappa shape index (κ2) is 5.57. The molecule has 1 heterocycles. The highest BCUT2D eigenvalue weighted by Gasteiger charge is 2.23. The summed E-state index contributed by atoms with van der Waals surface area (Å²) in [4.78, 5) is 16.1. The first-order chi connectivity index (χ1) is 7.60. The van der Waals surface area contributed by atoms with Crippen molar-refractivity contribution in [2.75, 3.05) is 0 Å². The van der Waals surface area contributed by atoms with Crippen molar-refractivity contribution in [3.05, 3.63) is 27.7 Å². The average molecular weight is 234 g/mol. The first-order valence-corrected chi connectivity index (χ1v) is 6.00. The fraction of sp³-hybridized carbons (Fsp3) is 0.417. The summed E-state index contributed by atoms with van der Waals surface area (Å²) in [7, 11) is 0. The van der Waals surface area contributed by atoms with Gasteiger partial charge in [-0.3, -0.25) is 4.79 Å². The van der Waals surface area contributed by atoms with Gasteiger partial charge in [-0.15, -0.1) is 11.3 Å². The number of ketones is 1. The molecule has 0 aliphatic carbocycles. The normalized spacial score (nSPS) is 13.2. The number of nitrogens with zero attached hydrogens (tertiary/aromatic N) is 2. The van der Waals surface area contributed by atoms with Crippen molar-refractivity contribution in [1.29, 1.82) is 5.26 Å². The van der Waals surface area contributed by atoms with Crippen molar-refractivity contribution in [2.24, 2.45) is 0 Å². The molecule has 16 heavy (non-hydrogen) atoms. The molecule has 1 atom stereocenters. The van der Waals surface area contributed by atoms with Crippen LogP contribution in [0.15, 0.2) is 17.0 Å². The van der Waals surface area contributed by atoms with Gasteiger partial charge < -0.3 is 0 Å². The van der Waals surface area contributed by atoms with Gasteiger partial charge in [-0.1, -0.05) is 13.0 Å². The van der Waals surface area contributed by atoms with Crippen LogP contribution in [0, 0.1) is 18.3 Å². The maximum Gasteiger partial charge on any atom is 0.182 e. The number of carbonyl (C=O) groups is 1. The Morgan fingerprint density at radius 1 is 1.75 bits per heavy atom. The van der Waals surface area contributed by atoms with Gasteiger partial charge in [-0.2, -0.15) is 5.26 Å². The molecule has 1 aromatic rings. The summed E-state index contributed by atoms with van der Waals surface area (Å²) in [5, 5.41) is 11.5. The SMILES string of the molecule is CCC=C(C)C(=O)C(C#N)c1nc(C)cs1. The minimum absolute atomic E-state index is 0.140. The van der Waals surface area contributed by atoms with E-state index in [4.69, 9.17) is 5.26 Å². The zero-order chi connectivity index (χ0) is 12.1. The molecule has 1 aromatic heterocycles. The number of allylic oxidation sites excluding steroid dienone is 2. The summed E-state index contributed by atoms with van der Waals surface area (Å²) < 4.78 is 0. The molecule has 0 saturated heterocycles. The Morgan fingerprint density at radius 2 is 2.44 bits per heavy atom. The number of carbonyl (C=O) groups excluding carboxylic acids is 1. The van der Waals surface area contributed by atoms with E-state index in [1.54, 1.807) is 6.92 Å². The van der Waals surface area contributed by atoms with Gasteiger partial charge in [0.25, 0.3) is 0 Å². The molecule has 0 aliphatic rings. The van der Waals surface area contributed by atoms with Crippen LogP contribution in [-0.4, -0.2) is 10.8 Å². The summed E-state index contributed by atoms with van der Waals surface area (Å²) in [6, 6.07) is 2.03. The zero-order valence-electron chi connectivity index (χ0n) is 9.65. The third-order valence-electron chi connectivity index (χ3n) is 2.17. The fourth-order valence-corrected chi connectivity index (χ4v) is 2.20. The van der Waals surface area contributed by atoms with Crippen LogP contribution in [0.1, 0.15) is 36.9 Å². The molecule has 4 heteroatoms. The molecule has 1 rings (SSSR count). The van der Waals surface area contributed by atoms with E-state index in [1.165, 1.54) is 11.3 Å². The summed E-state index contributed by atoms with van der Waals surface area (Å²) in [6.45, 7) is 5.57. The highest BCUT2D eigenvalue weighted by atomic mass is 32.1. The molecule has 0 fully saturated rings. The van der Waals surface area contributed by atoms with Crippen molar-refractivity contribution >= 4 is 17.1 Å². The van der Waals surface area contributed by atoms with E-state index >= 15 is 0 Å². The second-order valence-corrected chi connectivity index (χ2v) is 4.44. The Morgan fingerprint density at radius 3 is 2.88 bits per heavy atom. The van der Waals surface area contributed by atoms with Gasteiger partial charge in [0.05, 0.1) is 6.07 Å². The lowest BCUT2D eigenvalue weighted by Crippen LogP contribution is -2.11. The molecule has 0 N–H and O–H groups in total. The van der Waals surface area contributed by atoms with Gasteiger partial charge in [-0.05, 0) is 25.8 Å². The largest absolute Gasteiger partial charge is 0.293 e. The first-order valence-electron chi connectivity index (χ1n) is 5.12. The Labute approximate surface area is 99.4 Å². The predicted molar refractivity (Wildman–Crippen MR) is 64.3 cm³/mol. The average Bonchev–Trinajstić information content (AvgIpc) is 2.66. The van der Waals surface area contributed by atoms with Crippen LogP contribution in [0.5, 0.6) is 0 Å². The maximum atomic E-state index is 11.9. The van der Waals surface area contributed by atoms with E-state index in [0.717, 1.165) is 12.1 Å². The van der Waals surface area contributed by atoms with E-state index in [-0.39, 0.29) is 5.78 Å². The van der Waals surface area contributed by atoms with E-state index in [0.29, 0.717) is 10.6 Å². The van der Waals surface area contributed by atoms with Crippen molar-refractivity contribution in [3.8, 4) is 6.07 Å². The lowest BCUT2D eigenvalue weighted by Gasteiger charge is -2.04. The predicted octanol–water partition coefficient (Wildman–Crippen LogP) is 2.98. The molecule has 0 amide bonds.